The molecule has 0 N–H and O–H groups in total. The van der Waals surface area contributed by atoms with Crippen LogP contribution in [0.2, 0.25) is 18.1 Å². The zero-order chi connectivity index (χ0) is 9.07. The van der Waals surface area contributed by atoms with Gasteiger partial charge in [-0.15, -0.1) is 0 Å². The summed E-state index contributed by atoms with van der Waals surface area (Å²) in [6.45, 7) is 14.4. The van der Waals surface area contributed by atoms with Gasteiger partial charge in [-0.25, -0.2) is 0 Å². The molecule has 0 bridgehead atoms. The minimum Gasteiger partial charge on any atom is -0.0718 e. The molecule has 0 rings (SSSR count). The van der Waals surface area contributed by atoms with Crippen molar-refractivity contribution in [3.05, 3.63) is 0 Å². The van der Waals surface area contributed by atoms with Gasteiger partial charge >= 0.3 is 0 Å². The van der Waals surface area contributed by atoms with Crippen molar-refractivity contribution in [2.45, 2.75) is 59.2 Å². The lowest BCUT2D eigenvalue weighted by Gasteiger charge is -2.27. The Bertz CT molecular complexity index is 105. The van der Waals surface area contributed by atoms with Gasteiger partial charge in [0, 0.05) is 8.80 Å². The molecule has 0 radical (unpaired) electrons. The fourth-order valence-corrected chi connectivity index (χ4v) is 3.75. The Balaban J connectivity index is 3.83. The summed E-state index contributed by atoms with van der Waals surface area (Å²) in [5, 5.41) is 0. The van der Waals surface area contributed by atoms with Gasteiger partial charge in [0.15, 0.2) is 0 Å². The van der Waals surface area contributed by atoms with E-state index in [4.69, 9.17) is 0 Å². The first-order valence-electron chi connectivity index (χ1n) is 4.89. The second kappa shape index (κ2) is 4.29. The van der Waals surface area contributed by atoms with Crippen molar-refractivity contribution in [1.82, 2.24) is 0 Å². The van der Waals surface area contributed by atoms with Crippen molar-refractivity contribution in [1.29, 1.82) is 0 Å². The molecule has 0 aromatic carbocycles. The number of hydrogen-bond donors (Lipinski definition) is 0. The molecule has 0 amide bonds. The van der Waals surface area contributed by atoms with E-state index >= 15 is 0 Å². The number of hydrogen-bond acceptors (Lipinski definition) is 0. The smallest absolute Gasteiger partial charge is 0.0367 e. The van der Waals surface area contributed by atoms with E-state index in [0.29, 0.717) is 5.41 Å². The normalized spacial score (nSPS) is 15.5. The fourth-order valence-electron chi connectivity index (χ4n) is 1.25. The lowest BCUT2D eigenvalue weighted by atomic mass is 9.93. The Labute approximate surface area is 74.0 Å². The third-order valence-corrected chi connectivity index (χ3v) is 7.00. The molecule has 0 aliphatic heterocycles. The average molecular weight is 172 g/mol. The van der Waals surface area contributed by atoms with Gasteiger partial charge in [0.05, 0.1) is 0 Å². The van der Waals surface area contributed by atoms with Gasteiger partial charge in [-0.3, -0.25) is 0 Å². The standard InChI is InChI=1S/C10H24Si/c1-7-10(4,5)8-11(6)9(2)3/h9,11H,7-8H2,1-6H3. The predicted molar refractivity (Wildman–Crippen MR) is 57.0 cm³/mol. The van der Waals surface area contributed by atoms with Crippen LogP contribution >= 0.6 is 0 Å². The molecule has 11 heavy (non-hydrogen) atoms. The molecule has 1 unspecified atom stereocenters. The molecular formula is C10H24Si. The monoisotopic (exact) mass is 172 g/mol. The largest absolute Gasteiger partial charge is 0.0718 e. The Morgan fingerprint density at radius 2 is 1.73 bits per heavy atom. The summed E-state index contributed by atoms with van der Waals surface area (Å²) in [4.78, 5) is 0. The second-order valence-corrected chi connectivity index (χ2v) is 8.64. The Morgan fingerprint density at radius 3 is 2.00 bits per heavy atom. The van der Waals surface area contributed by atoms with E-state index in [9.17, 15) is 0 Å². The van der Waals surface area contributed by atoms with Gasteiger partial charge in [-0.1, -0.05) is 59.2 Å². The van der Waals surface area contributed by atoms with Gasteiger partial charge in [0.25, 0.3) is 0 Å². The van der Waals surface area contributed by atoms with Gasteiger partial charge in [-0.2, -0.15) is 0 Å². The fraction of sp³-hybridized carbons (Fsp3) is 1.00. The zero-order valence-electron chi connectivity index (χ0n) is 9.07. The van der Waals surface area contributed by atoms with Crippen LogP contribution in [-0.2, 0) is 0 Å². The Morgan fingerprint density at radius 1 is 1.27 bits per heavy atom. The second-order valence-electron chi connectivity index (χ2n) is 4.94. The van der Waals surface area contributed by atoms with Gasteiger partial charge in [0.2, 0.25) is 0 Å². The van der Waals surface area contributed by atoms with Crippen LogP contribution in [0.1, 0.15) is 41.0 Å². The summed E-state index contributed by atoms with van der Waals surface area (Å²) in [5.41, 5.74) is 1.58. The van der Waals surface area contributed by atoms with E-state index in [-0.39, 0.29) is 0 Å². The maximum atomic E-state index is 2.50. The van der Waals surface area contributed by atoms with E-state index in [1.165, 1.54) is 12.5 Å². The quantitative estimate of drug-likeness (QED) is 0.567. The van der Waals surface area contributed by atoms with Crippen LogP contribution in [0.25, 0.3) is 0 Å². The summed E-state index contributed by atoms with van der Waals surface area (Å²) in [6.07, 6.45) is 1.33. The molecule has 0 fully saturated rings. The van der Waals surface area contributed by atoms with Crippen molar-refractivity contribution >= 4 is 8.80 Å². The molecule has 0 aromatic rings. The van der Waals surface area contributed by atoms with Crippen molar-refractivity contribution in [3.63, 3.8) is 0 Å². The molecule has 1 atom stereocenters. The van der Waals surface area contributed by atoms with Crippen molar-refractivity contribution in [2.75, 3.05) is 0 Å². The van der Waals surface area contributed by atoms with Gasteiger partial charge in [-0.05, 0) is 5.41 Å². The first kappa shape index (κ1) is 11.2. The first-order chi connectivity index (χ1) is 4.89. The minimum atomic E-state index is -0.418. The molecule has 1 heteroatoms. The lowest BCUT2D eigenvalue weighted by molar-refractivity contribution is 0.392. The topological polar surface area (TPSA) is 0 Å². The van der Waals surface area contributed by atoms with E-state index in [1.54, 1.807) is 0 Å². The van der Waals surface area contributed by atoms with Crippen molar-refractivity contribution in [2.24, 2.45) is 5.41 Å². The maximum absolute atomic E-state index is 2.50. The van der Waals surface area contributed by atoms with Crippen LogP contribution in [0.3, 0.4) is 0 Å². The Hall–Kier alpha value is 0.217. The van der Waals surface area contributed by atoms with Crippen LogP contribution in [0, 0.1) is 5.41 Å². The highest BCUT2D eigenvalue weighted by molar-refractivity contribution is 6.58. The number of rotatable bonds is 4. The molecule has 0 aromatic heterocycles. The van der Waals surface area contributed by atoms with Crippen molar-refractivity contribution < 1.29 is 0 Å². The third-order valence-electron chi connectivity index (χ3n) is 2.97. The summed E-state index contributed by atoms with van der Waals surface area (Å²) in [7, 11) is -0.418. The average Bonchev–Trinajstić information content (AvgIpc) is 1.87. The summed E-state index contributed by atoms with van der Waals surface area (Å²) >= 11 is 0. The van der Waals surface area contributed by atoms with Crippen LogP contribution in [0.15, 0.2) is 0 Å². The van der Waals surface area contributed by atoms with E-state index in [2.05, 4.69) is 41.2 Å². The molecule has 0 heterocycles. The highest BCUT2D eigenvalue weighted by Gasteiger charge is 2.21. The van der Waals surface area contributed by atoms with E-state index in [1.807, 2.05) is 0 Å². The highest BCUT2D eigenvalue weighted by Crippen LogP contribution is 2.30. The van der Waals surface area contributed by atoms with Crippen molar-refractivity contribution in [3.8, 4) is 0 Å². The molecule has 0 aliphatic rings. The maximum Gasteiger partial charge on any atom is 0.0367 e. The molecule has 0 aliphatic carbocycles. The first-order valence-corrected chi connectivity index (χ1v) is 7.53. The predicted octanol–water partition coefficient (Wildman–Crippen LogP) is 3.69. The molecule has 68 valence electrons. The van der Waals surface area contributed by atoms with Gasteiger partial charge < -0.3 is 0 Å². The van der Waals surface area contributed by atoms with Crippen LogP contribution in [0.5, 0.6) is 0 Å². The highest BCUT2D eigenvalue weighted by atomic mass is 28.3. The minimum absolute atomic E-state index is 0.418. The van der Waals surface area contributed by atoms with Crippen LogP contribution in [-0.4, -0.2) is 8.80 Å². The molecule has 0 saturated heterocycles. The lowest BCUT2D eigenvalue weighted by Crippen LogP contribution is -2.22. The third kappa shape index (κ3) is 4.62. The molecule has 0 nitrogen and oxygen atoms in total. The summed E-state index contributed by atoms with van der Waals surface area (Å²) < 4.78 is 0. The summed E-state index contributed by atoms with van der Waals surface area (Å²) in [5.74, 6) is 0. The molecule has 0 saturated carbocycles. The van der Waals surface area contributed by atoms with Crippen LogP contribution < -0.4 is 0 Å². The van der Waals surface area contributed by atoms with Crippen LogP contribution in [0.4, 0.5) is 0 Å². The van der Waals surface area contributed by atoms with Gasteiger partial charge in [0.1, 0.15) is 0 Å². The molecular weight excluding hydrogens is 148 g/mol. The SMILES string of the molecule is CCC(C)(C)C[SiH](C)C(C)C. The van der Waals surface area contributed by atoms with E-state index in [0.717, 1.165) is 5.54 Å². The van der Waals surface area contributed by atoms with E-state index < -0.39 is 8.80 Å². The summed E-state index contributed by atoms with van der Waals surface area (Å²) in [6, 6.07) is 1.50. The molecule has 0 spiro atoms. The Kier molecular flexibility index (Phi) is 4.38. The zero-order valence-corrected chi connectivity index (χ0v) is 10.2.